The van der Waals surface area contributed by atoms with Crippen molar-refractivity contribution in [3.63, 3.8) is 0 Å². The Morgan fingerprint density at radius 2 is 1.40 bits per heavy atom. The fourth-order valence-electron chi connectivity index (χ4n) is 12.8. The molecule has 0 aliphatic carbocycles. The summed E-state index contributed by atoms with van der Waals surface area (Å²) < 4.78 is 64.6. The third-order valence-corrected chi connectivity index (χ3v) is 18.0. The highest BCUT2D eigenvalue weighted by molar-refractivity contribution is 5.96. The molecule has 2 aromatic carbocycles. The van der Waals surface area contributed by atoms with Crippen LogP contribution in [0.2, 0.25) is 0 Å². The summed E-state index contributed by atoms with van der Waals surface area (Å²) in [5, 5.41) is 17.1. The lowest BCUT2D eigenvalue weighted by atomic mass is 9.89. The number of ether oxygens (including phenoxy) is 10. The van der Waals surface area contributed by atoms with Crippen LogP contribution in [0.25, 0.3) is 11.0 Å². The number of fused-ring (bicyclic) bond motifs is 1. The van der Waals surface area contributed by atoms with Gasteiger partial charge in [0.15, 0.2) is 23.5 Å². The van der Waals surface area contributed by atoms with Crippen LogP contribution in [-0.2, 0) is 81.0 Å². The van der Waals surface area contributed by atoms with Crippen LogP contribution in [0.1, 0.15) is 163 Å². The van der Waals surface area contributed by atoms with E-state index in [4.69, 9.17) is 51.8 Å². The number of likely N-dealkylation sites (tertiary alicyclic amines) is 1. The molecule has 2 unspecified atom stereocenters. The van der Waals surface area contributed by atoms with E-state index < -0.39 is 157 Å². The summed E-state index contributed by atoms with van der Waals surface area (Å²) in [7, 11) is 5.99. The summed E-state index contributed by atoms with van der Waals surface area (Å²) in [5.74, 6) is -8.81. The van der Waals surface area contributed by atoms with Crippen molar-refractivity contribution in [1.29, 1.82) is 0 Å². The van der Waals surface area contributed by atoms with Crippen LogP contribution in [0.4, 0.5) is 4.79 Å². The summed E-state index contributed by atoms with van der Waals surface area (Å²) in [5.41, 5.74) is 0.792. The number of furan rings is 1. The number of benzene rings is 2. The van der Waals surface area contributed by atoms with E-state index in [-0.39, 0.29) is 71.1 Å². The van der Waals surface area contributed by atoms with Crippen LogP contribution in [0, 0.1) is 29.6 Å². The predicted octanol–water partition coefficient (Wildman–Crippen LogP) is 7.72. The van der Waals surface area contributed by atoms with E-state index in [1.165, 1.54) is 44.4 Å². The van der Waals surface area contributed by atoms with Crippen LogP contribution < -0.4 is 15.4 Å². The topological polar surface area (TPSA) is 330 Å². The molecule has 0 bridgehead atoms. The Morgan fingerprint density at radius 1 is 0.765 bits per heavy atom. The van der Waals surface area contributed by atoms with Crippen molar-refractivity contribution in [2.75, 3.05) is 48.1 Å². The van der Waals surface area contributed by atoms with Gasteiger partial charge in [-0.05, 0) is 74.5 Å². The van der Waals surface area contributed by atoms with Gasteiger partial charge in [0.25, 0.3) is 0 Å². The Bertz CT molecular complexity index is 3230. The van der Waals surface area contributed by atoms with E-state index in [2.05, 4.69) is 17.2 Å². The zero-order valence-electron chi connectivity index (χ0n) is 59.9. The van der Waals surface area contributed by atoms with Gasteiger partial charge >= 0.3 is 35.9 Å². The quantitative estimate of drug-likeness (QED) is 0.0292. The lowest BCUT2D eigenvalue weighted by Crippen LogP contribution is -2.63. The molecule has 2 aliphatic heterocycles. The van der Waals surface area contributed by atoms with Crippen molar-refractivity contribution in [2.24, 2.45) is 29.6 Å². The van der Waals surface area contributed by atoms with Crippen molar-refractivity contribution in [3.8, 4) is 5.75 Å². The molecule has 544 valence electrons. The normalized spacial score (nSPS) is 21.1. The van der Waals surface area contributed by atoms with E-state index in [0.717, 1.165) is 32.6 Å². The van der Waals surface area contributed by atoms with Crippen LogP contribution in [0.3, 0.4) is 0 Å². The zero-order valence-corrected chi connectivity index (χ0v) is 59.9. The average molecular weight is 1380 g/mol. The highest BCUT2D eigenvalue weighted by Gasteiger charge is 2.54. The maximum Gasteiger partial charge on any atom is 0.410 e. The van der Waals surface area contributed by atoms with Gasteiger partial charge in [0.1, 0.15) is 30.9 Å². The molecule has 0 spiro atoms. The molecule has 3 N–H and O–H groups in total. The van der Waals surface area contributed by atoms with Gasteiger partial charge in [0.05, 0.1) is 55.4 Å². The van der Waals surface area contributed by atoms with Crippen molar-refractivity contribution >= 4 is 70.5 Å². The summed E-state index contributed by atoms with van der Waals surface area (Å²) in [6.45, 7) is 25.9. The molecular formula is C71H103N5O22. The number of amides is 5. The first-order valence-electron chi connectivity index (χ1n) is 33.5. The molecule has 17 atom stereocenters. The standard InChI is InChI=1S/C71H103N5O22/c1-20-39(8)33-52(48-30-31-51(62-49(48)34-54(95-62)69(86)90-22-3)96-70-65(94-46(15)80)64(93-45(14)79)63(92-44(13)78)55(97-70)36-91-43(12)77)98-71(87)75(17)58(38(6)7)67(84)73-57(37(4)5)68(85)74(16)59(40(9)21-2)53(88-18)35-56(81)76-32-26-29-50(76)61(89-19)41(10)66(83)72-42(11)60(82)47-27-24-23-25-28-47/h20,23-25,27-28,30-31,34,37-42,50,52-53,55,57-61,63-65,70,82H,1,21-22,26,29,32-33,35-36H2,2-19H3,(H,72,83)(H,73,84)/t39?,40-,41+,42+,50-,52?,53+,55+,57-,58-,59-,60+,61+,63-,64-,65+,70+/m0/s1. The molecule has 2 fully saturated rings. The highest BCUT2D eigenvalue weighted by atomic mass is 16.7. The molecule has 0 radical (unpaired) electrons. The van der Waals surface area contributed by atoms with Gasteiger partial charge in [-0.25, -0.2) is 9.59 Å². The Morgan fingerprint density at radius 3 is 1.96 bits per heavy atom. The molecule has 5 amide bonds. The average Bonchev–Trinajstić information content (AvgIpc) is 1.42. The zero-order chi connectivity index (χ0) is 73.2. The first-order chi connectivity index (χ1) is 46.2. The van der Waals surface area contributed by atoms with Crippen molar-refractivity contribution in [3.05, 3.63) is 78.1 Å². The van der Waals surface area contributed by atoms with Crippen molar-refractivity contribution in [1.82, 2.24) is 25.3 Å². The summed E-state index contributed by atoms with van der Waals surface area (Å²) in [4.78, 5) is 141. The maximum atomic E-state index is 15.1. The molecule has 1 aromatic heterocycles. The van der Waals surface area contributed by atoms with E-state index in [1.54, 1.807) is 78.6 Å². The number of hydrogen-bond acceptors (Lipinski definition) is 22. The first-order valence-corrected chi connectivity index (χ1v) is 33.5. The van der Waals surface area contributed by atoms with E-state index in [9.17, 15) is 48.3 Å². The van der Waals surface area contributed by atoms with E-state index in [1.807, 2.05) is 39.0 Å². The minimum atomic E-state index is -1.73. The van der Waals surface area contributed by atoms with Gasteiger partial charge in [-0.3, -0.25) is 43.3 Å². The number of allylic oxidation sites excluding steroid dienone is 1. The molecule has 5 rings (SSSR count). The second-order valence-corrected chi connectivity index (χ2v) is 26.0. The summed E-state index contributed by atoms with van der Waals surface area (Å²) >= 11 is 0. The number of methoxy groups -OCH3 is 2. The number of rotatable bonds is 34. The fraction of sp³-hybridized carbons (Fsp3) is 0.634. The summed E-state index contributed by atoms with van der Waals surface area (Å²) in [6.07, 6.45) is -9.08. The van der Waals surface area contributed by atoms with Gasteiger partial charge < -0.3 is 77.3 Å². The summed E-state index contributed by atoms with van der Waals surface area (Å²) in [6, 6.07) is 9.12. The minimum absolute atomic E-state index is 0.0470. The van der Waals surface area contributed by atoms with Gasteiger partial charge in [-0.2, -0.15) is 0 Å². The smallest absolute Gasteiger partial charge is 0.410 e. The molecular weight excluding hydrogens is 1270 g/mol. The number of aliphatic hydroxyl groups excluding tert-OH is 1. The Hall–Kier alpha value is -8.14. The molecule has 2 aliphatic rings. The maximum absolute atomic E-state index is 15.1. The number of carbonyl (C=O) groups excluding carboxylic acids is 10. The number of hydrogen-bond donors (Lipinski definition) is 3. The van der Waals surface area contributed by atoms with Gasteiger partial charge in [-0.15, -0.1) is 6.58 Å². The van der Waals surface area contributed by atoms with Gasteiger partial charge in [0, 0.05) is 73.5 Å². The number of esters is 5. The second kappa shape index (κ2) is 37.2. The van der Waals surface area contributed by atoms with Crippen LogP contribution in [0.5, 0.6) is 5.75 Å². The van der Waals surface area contributed by atoms with Crippen LogP contribution in [-0.4, -0.2) is 201 Å². The molecule has 0 saturated carbocycles. The highest BCUT2D eigenvalue weighted by Crippen LogP contribution is 2.41. The van der Waals surface area contributed by atoms with Gasteiger partial charge in [0.2, 0.25) is 41.8 Å². The third-order valence-electron chi connectivity index (χ3n) is 18.0. The monoisotopic (exact) mass is 1380 g/mol. The minimum Gasteiger partial charge on any atom is -0.463 e. The number of nitrogens with one attached hydrogen (secondary N) is 2. The predicted molar refractivity (Wildman–Crippen MR) is 356 cm³/mol. The van der Waals surface area contributed by atoms with Crippen LogP contribution >= 0.6 is 0 Å². The molecule has 2 saturated heterocycles. The largest absolute Gasteiger partial charge is 0.463 e. The van der Waals surface area contributed by atoms with Crippen LogP contribution in [0.15, 0.2) is 65.6 Å². The van der Waals surface area contributed by atoms with Crippen molar-refractivity contribution < 1.29 is 105 Å². The third kappa shape index (κ3) is 20.7. The number of likely N-dealkylation sites (N-methyl/N-ethyl adjacent to an activating group) is 2. The fourth-order valence-corrected chi connectivity index (χ4v) is 12.8. The molecule has 3 heterocycles. The Labute approximate surface area is 574 Å². The molecule has 27 nitrogen and oxygen atoms in total. The van der Waals surface area contributed by atoms with E-state index in [0.29, 0.717) is 31.4 Å². The number of nitrogens with zero attached hydrogens (tertiary/aromatic N) is 3. The first kappa shape index (κ1) is 80.5. The van der Waals surface area contributed by atoms with Crippen molar-refractivity contribution in [2.45, 2.75) is 214 Å². The lowest BCUT2D eigenvalue weighted by Gasteiger charge is -2.43. The second-order valence-electron chi connectivity index (χ2n) is 26.0. The number of aliphatic hydroxyl groups is 1. The SMILES string of the molecule is C=CC(C)CC(OC(=O)N(C)[C@H](C(=O)N[C@H](C(=O)N(C)[C@@H]([C@@H](C)CC)[C@@H](CC(=O)N1CCC[C@H]1[C@H](OC)[C@@H](C)C(=O)N[C@H](C)[C@@H](O)c1ccccc1)OC)C(C)C)C(C)C)c1ccc(O[C@@H]2O[C@H](COC(C)=O)[C@H](OC(C)=O)[C@H](OC(C)=O)[C@H]2OC(C)=O)c2oc(C(=O)OCC)cc12. The molecule has 98 heavy (non-hydrogen) atoms. The molecule has 3 aromatic rings. The lowest BCUT2D eigenvalue weighted by molar-refractivity contribution is -0.288. The Balaban J connectivity index is 1.43. The Kier molecular flexibility index (Phi) is 30.5. The molecule has 27 heteroatoms. The number of carbonyl (C=O) groups is 10. The van der Waals surface area contributed by atoms with E-state index >= 15 is 4.79 Å². The van der Waals surface area contributed by atoms with Gasteiger partial charge in [-0.1, -0.05) is 104 Å².